The number of hydrogen-bond donors (Lipinski definition) is 2. The zero-order chi connectivity index (χ0) is 12.2. The van der Waals surface area contributed by atoms with Crippen LogP contribution in [0.3, 0.4) is 0 Å². The second-order valence-electron chi connectivity index (χ2n) is 3.61. The number of rotatable bonds is 5. The van der Waals surface area contributed by atoms with Crippen molar-refractivity contribution in [2.45, 2.75) is 12.5 Å². The molecule has 0 amide bonds. The van der Waals surface area contributed by atoms with E-state index in [4.69, 9.17) is 0 Å². The summed E-state index contributed by atoms with van der Waals surface area (Å²) in [6.45, 7) is 0.0366. The molecule has 1 atom stereocenters. The third-order valence-electron chi connectivity index (χ3n) is 1.97. The van der Waals surface area contributed by atoms with Gasteiger partial charge in [0.1, 0.15) is 0 Å². The quantitative estimate of drug-likeness (QED) is 0.849. The highest BCUT2D eigenvalue weighted by Crippen LogP contribution is 2.11. The van der Waals surface area contributed by atoms with Gasteiger partial charge in [0.2, 0.25) is 10.0 Å². The van der Waals surface area contributed by atoms with Gasteiger partial charge in [-0.3, -0.25) is 0 Å². The molecule has 1 aromatic carbocycles. The lowest BCUT2D eigenvalue weighted by Gasteiger charge is -2.10. The van der Waals surface area contributed by atoms with Gasteiger partial charge in [0.25, 0.3) is 0 Å². The van der Waals surface area contributed by atoms with Crippen LogP contribution in [-0.4, -0.2) is 32.4 Å². The molecule has 1 rings (SSSR count). The van der Waals surface area contributed by atoms with Crippen LogP contribution in [0, 0.1) is 0 Å². The number of aliphatic hydroxyl groups excluding tert-OH is 1. The fourth-order valence-corrected chi connectivity index (χ4v) is 1.97. The summed E-state index contributed by atoms with van der Waals surface area (Å²) in [6, 6.07) is 7.53. The van der Waals surface area contributed by atoms with E-state index in [2.05, 4.69) is 20.7 Å². The molecule has 4 nitrogen and oxygen atoms in total. The van der Waals surface area contributed by atoms with Crippen LogP contribution in [0.5, 0.6) is 0 Å². The zero-order valence-electron chi connectivity index (χ0n) is 8.85. The highest BCUT2D eigenvalue weighted by Gasteiger charge is 2.08. The molecule has 1 aromatic rings. The Morgan fingerprint density at radius 1 is 1.38 bits per heavy atom. The Labute approximate surface area is 104 Å². The van der Waals surface area contributed by atoms with Crippen LogP contribution in [0.1, 0.15) is 5.56 Å². The van der Waals surface area contributed by atoms with E-state index in [1.54, 1.807) is 0 Å². The Hall–Kier alpha value is -0.430. The number of halogens is 1. The minimum atomic E-state index is -3.24. The first kappa shape index (κ1) is 13.6. The van der Waals surface area contributed by atoms with E-state index in [1.165, 1.54) is 0 Å². The molecule has 0 aliphatic heterocycles. The molecular formula is C10H14BrNO3S. The third kappa shape index (κ3) is 5.60. The number of aliphatic hydroxyl groups is 1. The summed E-state index contributed by atoms with van der Waals surface area (Å²) in [7, 11) is -3.24. The molecule has 0 radical (unpaired) electrons. The first-order chi connectivity index (χ1) is 7.37. The van der Waals surface area contributed by atoms with Gasteiger partial charge in [0.15, 0.2) is 0 Å². The molecule has 0 saturated carbocycles. The van der Waals surface area contributed by atoms with Crippen molar-refractivity contribution < 1.29 is 13.5 Å². The topological polar surface area (TPSA) is 66.4 Å². The zero-order valence-corrected chi connectivity index (χ0v) is 11.3. The average Bonchev–Trinajstić information content (AvgIpc) is 2.18. The first-order valence-corrected chi connectivity index (χ1v) is 7.42. The van der Waals surface area contributed by atoms with E-state index in [0.717, 1.165) is 16.3 Å². The Bertz CT molecular complexity index is 430. The lowest BCUT2D eigenvalue weighted by Crippen LogP contribution is -2.32. The lowest BCUT2D eigenvalue weighted by atomic mass is 10.1. The molecule has 16 heavy (non-hydrogen) atoms. The largest absolute Gasteiger partial charge is 0.391 e. The molecule has 0 fully saturated rings. The number of sulfonamides is 1. The van der Waals surface area contributed by atoms with Crippen molar-refractivity contribution in [3.8, 4) is 0 Å². The summed E-state index contributed by atoms with van der Waals surface area (Å²) in [5.41, 5.74) is 0.964. The van der Waals surface area contributed by atoms with Crippen LogP contribution in [0.2, 0.25) is 0 Å². The van der Waals surface area contributed by atoms with Gasteiger partial charge < -0.3 is 5.11 Å². The maximum atomic E-state index is 10.8. The SMILES string of the molecule is CS(=O)(=O)NCC(O)Cc1ccc(Br)cc1. The number of hydrogen-bond acceptors (Lipinski definition) is 3. The van der Waals surface area contributed by atoms with Gasteiger partial charge in [-0.15, -0.1) is 0 Å². The second-order valence-corrected chi connectivity index (χ2v) is 6.35. The molecule has 2 N–H and O–H groups in total. The molecule has 0 spiro atoms. The lowest BCUT2D eigenvalue weighted by molar-refractivity contribution is 0.179. The van der Waals surface area contributed by atoms with Crippen LogP contribution in [0.15, 0.2) is 28.7 Å². The number of nitrogens with one attached hydrogen (secondary N) is 1. The highest BCUT2D eigenvalue weighted by atomic mass is 79.9. The molecule has 90 valence electrons. The van der Waals surface area contributed by atoms with Crippen molar-refractivity contribution in [2.75, 3.05) is 12.8 Å². The van der Waals surface area contributed by atoms with Crippen molar-refractivity contribution >= 4 is 26.0 Å². The fraction of sp³-hybridized carbons (Fsp3) is 0.400. The Balaban J connectivity index is 2.45. The molecule has 1 unspecified atom stereocenters. The van der Waals surface area contributed by atoms with E-state index >= 15 is 0 Å². The maximum Gasteiger partial charge on any atom is 0.208 e. The Morgan fingerprint density at radius 2 is 1.94 bits per heavy atom. The summed E-state index contributed by atoms with van der Waals surface area (Å²) in [4.78, 5) is 0. The normalized spacial score (nSPS) is 13.7. The van der Waals surface area contributed by atoms with Gasteiger partial charge in [-0.05, 0) is 24.1 Å². The smallest absolute Gasteiger partial charge is 0.208 e. The van der Waals surface area contributed by atoms with Crippen molar-refractivity contribution in [2.24, 2.45) is 0 Å². The summed E-state index contributed by atoms with van der Waals surface area (Å²) in [5.74, 6) is 0. The number of benzene rings is 1. The minimum absolute atomic E-state index is 0.0366. The van der Waals surface area contributed by atoms with E-state index in [9.17, 15) is 13.5 Å². The molecule has 0 aliphatic carbocycles. The van der Waals surface area contributed by atoms with Gasteiger partial charge in [-0.25, -0.2) is 13.1 Å². The van der Waals surface area contributed by atoms with Crippen molar-refractivity contribution in [3.63, 3.8) is 0 Å². The predicted octanol–water partition coefficient (Wildman–Crippen LogP) is 0.902. The summed E-state index contributed by atoms with van der Waals surface area (Å²) >= 11 is 3.31. The van der Waals surface area contributed by atoms with Crippen LogP contribution >= 0.6 is 15.9 Å². The fourth-order valence-electron chi connectivity index (χ4n) is 1.21. The summed E-state index contributed by atoms with van der Waals surface area (Å²) in [6.07, 6.45) is 0.783. The molecule has 0 bridgehead atoms. The van der Waals surface area contributed by atoms with Crippen LogP contribution in [0.4, 0.5) is 0 Å². The average molecular weight is 308 g/mol. The van der Waals surface area contributed by atoms with Crippen LogP contribution in [0.25, 0.3) is 0 Å². The van der Waals surface area contributed by atoms with E-state index in [-0.39, 0.29) is 6.54 Å². The standard InChI is InChI=1S/C10H14BrNO3S/c1-16(14,15)12-7-10(13)6-8-2-4-9(11)5-3-8/h2-5,10,12-13H,6-7H2,1H3. The van der Waals surface area contributed by atoms with Gasteiger partial charge >= 0.3 is 0 Å². The van der Waals surface area contributed by atoms with Crippen LogP contribution in [-0.2, 0) is 16.4 Å². The van der Waals surface area contributed by atoms with Gasteiger partial charge in [-0.1, -0.05) is 28.1 Å². The van der Waals surface area contributed by atoms with Crippen LogP contribution < -0.4 is 4.72 Å². The molecule has 6 heteroatoms. The van der Waals surface area contributed by atoms with E-state index in [0.29, 0.717) is 6.42 Å². The predicted molar refractivity (Wildman–Crippen MR) is 66.7 cm³/mol. The molecular weight excluding hydrogens is 294 g/mol. The van der Waals surface area contributed by atoms with Crippen molar-refractivity contribution in [1.29, 1.82) is 0 Å². The summed E-state index contributed by atoms with van der Waals surface area (Å²) < 4.78 is 24.8. The van der Waals surface area contributed by atoms with E-state index in [1.807, 2.05) is 24.3 Å². The highest BCUT2D eigenvalue weighted by molar-refractivity contribution is 9.10. The Morgan fingerprint density at radius 3 is 2.44 bits per heavy atom. The first-order valence-electron chi connectivity index (χ1n) is 4.74. The maximum absolute atomic E-state index is 10.8. The third-order valence-corrected chi connectivity index (χ3v) is 3.19. The van der Waals surface area contributed by atoms with E-state index < -0.39 is 16.1 Å². The molecule has 0 aliphatic rings. The van der Waals surface area contributed by atoms with Gasteiger partial charge in [0.05, 0.1) is 12.4 Å². The van der Waals surface area contributed by atoms with Crippen molar-refractivity contribution in [3.05, 3.63) is 34.3 Å². The Kier molecular flexibility index (Phi) is 4.91. The van der Waals surface area contributed by atoms with Crippen molar-refractivity contribution in [1.82, 2.24) is 4.72 Å². The monoisotopic (exact) mass is 307 g/mol. The minimum Gasteiger partial charge on any atom is -0.391 e. The second kappa shape index (κ2) is 5.77. The molecule has 0 saturated heterocycles. The molecule has 0 aromatic heterocycles. The van der Waals surface area contributed by atoms with Gasteiger partial charge in [-0.2, -0.15) is 0 Å². The van der Waals surface area contributed by atoms with Gasteiger partial charge in [0, 0.05) is 11.0 Å². The molecule has 0 heterocycles. The summed E-state index contributed by atoms with van der Waals surface area (Å²) in [5, 5.41) is 9.60.